The van der Waals surface area contributed by atoms with Gasteiger partial charge in [-0.25, -0.2) is 0 Å². The Balaban J connectivity index is 2.13. The van der Waals surface area contributed by atoms with Gasteiger partial charge in [0.25, 0.3) is 0 Å². The molecule has 7 heteroatoms. The van der Waals surface area contributed by atoms with Gasteiger partial charge in [-0.1, -0.05) is 72.8 Å². The molecule has 210 valence electrons. The van der Waals surface area contributed by atoms with E-state index in [0.717, 1.165) is 24.0 Å². The topological polar surface area (TPSA) is 105 Å². The zero-order valence-electron chi connectivity index (χ0n) is 22.9. The zero-order chi connectivity index (χ0) is 28.5. The molecular formula is C32H42N2O5. The Hall–Kier alpha value is -3.71. The van der Waals surface area contributed by atoms with Crippen molar-refractivity contribution in [3.8, 4) is 0 Å². The largest absolute Gasteiger partial charge is 0.463 e. The molecule has 0 radical (unpaired) electrons. The number of rotatable bonds is 18. The van der Waals surface area contributed by atoms with E-state index in [2.05, 4.69) is 23.8 Å². The number of benzene rings is 2. The van der Waals surface area contributed by atoms with Gasteiger partial charge in [-0.05, 0) is 50.2 Å². The van der Waals surface area contributed by atoms with E-state index in [1.807, 2.05) is 66.7 Å². The highest BCUT2D eigenvalue weighted by Crippen LogP contribution is 2.21. The van der Waals surface area contributed by atoms with Gasteiger partial charge in [0.05, 0.1) is 24.5 Å². The molecule has 2 aromatic carbocycles. The molecule has 0 aliphatic rings. The Kier molecular flexibility index (Phi) is 14.3. The molecule has 3 N–H and O–H groups in total. The number of amides is 2. The molecule has 7 nitrogen and oxygen atoms in total. The van der Waals surface area contributed by atoms with Crippen molar-refractivity contribution in [2.24, 2.45) is 11.8 Å². The first-order valence-electron chi connectivity index (χ1n) is 13.6. The lowest BCUT2D eigenvalue weighted by Crippen LogP contribution is -2.41. The van der Waals surface area contributed by atoms with Gasteiger partial charge in [0.15, 0.2) is 0 Å². The van der Waals surface area contributed by atoms with E-state index >= 15 is 0 Å². The summed E-state index contributed by atoms with van der Waals surface area (Å²) >= 11 is 0. The summed E-state index contributed by atoms with van der Waals surface area (Å²) in [6.45, 7) is 8.95. The highest BCUT2D eigenvalue weighted by molar-refractivity contribution is 5.86. The lowest BCUT2D eigenvalue weighted by atomic mass is 9.94. The number of aliphatic hydroxyl groups excluding tert-OH is 1. The predicted molar refractivity (Wildman–Crippen MR) is 154 cm³/mol. The van der Waals surface area contributed by atoms with Gasteiger partial charge >= 0.3 is 5.97 Å². The number of carbonyl (C=O) groups is 3. The van der Waals surface area contributed by atoms with Crippen molar-refractivity contribution in [3.63, 3.8) is 0 Å². The summed E-state index contributed by atoms with van der Waals surface area (Å²) in [7, 11) is 0. The first-order chi connectivity index (χ1) is 18.9. The predicted octanol–water partition coefficient (Wildman–Crippen LogP) is 4.68. The molecule has 0 saturated carbocycles. The van der Waals surface area contributed by atoms with Crippen molar-refractivity contribution < 1.29 is 24.2 Å². The molecule has 0 spiro atoms. The zero-order valence-corrected chi connectivity index (χ0v) is 22.9. The number of carbonyl (C=O) groups excluding carboxylic acids is 3. The van der Waals surface area contributed by atoms with E-state index in [-0.39, 0.29) is 43.3 Å². The Morgan fingerprint density at radius 3 is 2.23 bits per heavy atom. The third-order valence-electron chi connectivity index (χ3n) is 6.46. The quantitative estimate of drug-likeness (QED) is 0.146. The second kappa shape index (κ2) is 17.7. The summed E-state index contributed by atoms with van der Waals surface area (Å²) in [5.41, 5.74) is 1.85. The Morgan fingerprint density at radius 2 is 1.62 bits per heavy atom. The average molecular weight is 535 g/mol. The van der Waals surface area contributed by atoms with Crippen LogP contribution in [0.2, 0.25) is 0 Å². The van der Waals surface area contributed by atoms with Crippen LogP contribution in [0.25, 0.3) is 0 Å². The van der Waals surface area contributed by atoms with Crippen molar-refractivity contribution in [1.82, 2.24) is 10.6 Å². The molecule has 0 unspecified atom stereocenters. The molecule has 0 saturated heterocycles. The average Bonchev–Trinajstić information content (AvgIpc) is 2.95. The second-order valence-electron chi connectivity index (χ2n) is 9.78. The number of nitrogens with one attached hydrogen (secondary N) is 2. The van der Waals surface area contributed by atoms with Crippen LogP contribution < -0.4 is 10.6 Å². The van der Waals surface area contributed by atoms with Crippen LogP contribution in [-0.2, 0) is 25.5 Å². The summed E-state index contributed by atoms with van der Waals surface area (Å²) in [6.07, 6.45) is 6.58. The fourth-order valence-corrected chi connectivity index (χ4v) is 4.28. The monoisotopic (exact) mass is 534 g/mol. The summed E-state index contributed by atoms with van der Waals surface area (Å²) in [4.78, 5) is 38.9. The van der Waals surface area contributed by atoms with Gasteiger partial charge in [-0.3, -0.25) is 14.4 Å². The molecule has 2 amide bonds. The Morgan fingerprint density at radius 1 is 0.949 bits per heavy atom. The first kappa shape index (κ1) is 31.5. The second-order valence-corrected chi connectivity index (χ2v) is 9.78. The molecule has 2 aromatic rings. The number of hydrogen-bond donors (Lipinski definition) is 3. The van der Waals surface area contributed by atoms with Gasteiger partial charge in [-0.15, -0.1) is 13.2 Å². The van der Waals surface area contributed by atoms with Crippen molar-refractivity contribution >= 4 is 17.8 Å². The number of esters is 1. The lowest BCUT2D eigenvalue weighted by molar-refractivity contribution is -0.150. The summed E-state index contributed by atoms with van der Waals surface area (Å²) in [5.74, 6) is -1.94. The Labute approximate surface area is 232 Å². The van der Waals surface area contributed by atoms with Crippen LogP contribution in [0.3, 0.4) is 0 Å². The molecule has 0 aliphatic carbocycles. The van der Waals surface area contributed by atoms with Gasteiger partial charge in [-0.2, -0.15) is 0 Å². The van der Waals surface area contributed by atoms with Gasteiger partial charge in [0.2, 0.25) is 11.8 Å². The van der Waals surface area contributed by atoms with Crippen molar-refractivity contribution in [1.29, 1.82) is 0 Å². The van der Waals surface area contributed by atoms with E-state index in [9.17, 15) is 19.5 Å². The van der Waals surface area contributed by atoms with E-state index in [0.29, 0.717) is 19.3 Å². The van der Waals surface area contributed by atoms with Crippen LogP contribution in [0.4, 0.5) is 0 Å². The minimum atomic E-state index is -0.653. The van der Waals surface area contributed by atoms with E-state index in [1.54, 1.807) is 13.0 Å². The van der Waals surface area contributed by atoms with E-state index in [1.165, 1.54) is 0 Å². The SMILES string of the molecule is C=CCCC[C@H](Cc1ccccc1)C(=O)OC[C@H](NC(=O)[C@@H](CC=C)CC(=O)N[C@@H](C)CO)c1ccccc1. The van der Waals surface area contributed by atoms with E-state index in [4.69, 9.17) is 4.74 Å². The minimum Gasteiger partial charge on any atom is -0.463 e. The number of ether oxygens (including phenoxy) is 1. The van der Waals surface area contributed by atoms with Crippen LogP contribution in [0.5, 0.6) is 0 Å². The maximum absolute atomic E-state index is 13.3. The molecule has 0 bridgehead atoms. The molecule has 4 atom stereocenters. The van der Waals surface area contributed by atoms with Crippen molar-refractivity contribution in [3.05, 3.63) is 97.1 Å². The van der Waals surface area contributed by atoms with Gasteiger partial charge in [0, 0.05) is 12.5 Å². The number of allylic oxidation sites excluding steroid dienone is 2. The van der Waals surface area contributed by atoms with Crippen LogP contribution in [-0.4, -0.2) is 42.1 Å². The van der Waals surface area contributed by atoms with Crippen molar-refractivity contribution in [2.75, 3.05) is 13.2 Å². The molecule has 2 rings (SSSR count). The summed E-state index contributed by atoms with van der Waals surface area (Å²) in [6, 6.07) is 18.2. The number of hydrogen-bond acceptors (Lipinski definition) is 5. The van der Waals surface area contributed by atoms with Gasteiger partial charge < -0.3 is 20.5 Å². The summed E-state index contributed by atoms with van der Waals surface area (Å²) in [5, 5.41) is 14.9. The summed E-state index contributed by atoms with van der Waals surface area (Å²) < 4.78 is 5.81. The lowest BCUT2D eigenvalue weighted by Gasteiger charge is -2.24. The standard InChI is InChI=1S/C32H42N2O5/c1-4-6-9-19-28(20-25-15-10-7-11-16-25)32(38)39-23-29(26-17-12-8-13-18-26)34-31(37)27(14-5-2)21-30(36)33-24(3)22-35/h4-5,7-8,10-13,15-18,24,27-29,35H,1-2,6,9,14,19-23H2,3H3,(H,33,36)(H,34,37)/t24-,27-,28+,29-/m0/s1. The van der Waals surface area contributed by atoms with Crippen LogP contribution in [0, 0.1) is 11.8 Å². The molecule has 0 aliphatic heterocycles. The molecule has 0 aromatic heterocycles. The number of unbranched alkanes of at least 4 members (excludes halogenated alkanes) is 1. The maximum atomic E-state index is 13.3. The highest BCUT2D eigenvalue weighted by Gasteiger charge is 2.27. The minimum absolute atomic E-state index is 0.0319. The van der Waals surface area contributed by atoms with Crippen molar-refractivity contribution in [2.45, 2.75) is 57.5 Å². The smallest absolute Gasteiger partial charge is 0.309 e. The van der Waals surface area contributed by atoms with Crippen LogP contribution in [0.15, 0.2) is 86.0 Å². The Bertz CT molecular complexity index is 1040. The molecular weight excluding hydrogens is 492 g/mol. The number of aliphatic hydroxyl groups is 1. The fraction of sp³-hybridized carbons (Fsp3) is 0.406. The third kappa shape index (κ3) is 11.7. The first-order valence-corrected chi connectivity index (χ1v) is 13.6. The molecule has 0 fully saturated rings. The maximum Gasteiger partial charge on any atom is 0.309 e. The highest BCUT2D eigenvalue weighted by atomic mass is 16.5. The molecule has 39 heavy (non-hydrogen) atoms. The normalized spacial score (nSPS) is 13.8. The molecule has 0 heterocycles. The van der Waals surface area contributed by atoms with Gasteiger partial charge in [0.1, 0.15) is 6.61 Å². The van der Waals surface area contributed by atoms with E-state index < -0.39 is 18.0 Å². The third-order valence-corrected chi connectivity index (χ3v) is 6.46. The fourth-order valence-electron chi connectivity index (χ4n) is 4.28. The van der Waals surface area contributed by atoms with Crippen LogP contribution in [0.1, 0.15) is 56.2 Å². The van der Waals surface area contributed by atoms with Crippen LogP contribution >= 0.6 is 0 Å².